The molecule has 0 unspecified atom stereocenters. The van der Waals surface area contributed by atoms with E-state index in [1.165, 1.54) is 13.8 Å². The number of aryl methyl sites for hydroxylation is 3. The van der Waals surface area contributed by atoms with Crippen LogP contribution >= 0.6 is 0 Å². The molecule has 0 spiro atoms. The summed E-state index contributed by atoms with van der Waals surface area (Å²) in [6.45, 7) is 8.70. The quantitative estimate of drug-likeness (QED) is 0.456. The Morgan fingerprint density at radius 1 is 1.00 bits per heavy atom. The van der Waals surface area contributed by atoms with Crippen LogP contribution in [0.4, 0.5) is 5.69 Å². The van der Waals surface area contributed by atoms with Crippen molar-refractivity contribution in [1.29, 1.82) is 0 Å². The maximum Gasteiger partial charge on any atom is 0.329 e. The van der Waals surface area contributed by atoms with Gasteiger partial charge in [-0.3, -0.25) is 19.3 Å². The molecule has 0 saturated carbocycles. The van der Waals surface area contributed by atoms with Gasteiger partial charge in [-0.15, -0.1) is 0 Å². The first kappa shape index (κ1) is 21.7. The second-order valence-corrected chi connectivity index (χ2v) is 8.22. The first-order valence-corrected chi connectivity index (χ1v) is 10.2. The third-order valence-electron chi connectivity index (χ3n) is 5.86. The molecule has 0 bridgehead atoms. The van der Waals surface area contributed by atoms with Crippen molar-refractivity contribution in [2.24, 2.45) is 11.8 Å². The molecular formula is C23H28N2O5. The van der Waals surface area contributed by atoms with Gasteiger partial charge in [-0.25, -0.2) is 4.79 Å². The van der Waals surface area contributed by atoms with Gasteiger partial charge in [0, 0.05) is 5.69 Å². The fourth-order valence-electron chi connectivity index (χ4n) is 4.24. The Labute approximate surface area is 176 Å². The smallest absolute Gasteiger partial charge is 0.329 e. The standard InChI is InChI=1S/C23H28N2O5/c1-12-10-13(2)19(14(3)11-12)24-20(26)16(5)30-23(29)15(4)25-21(27)17-8-6-7-9-18(17)22(25)28/h6-7,10-11,15-18H,8-9H2,1-5H3,(H,24,26)/t15-,16-,17-,18-/m0/s1. The molecule has 1 heterocycles. The molecule has 160 valence electrons. The van der Waals surface area contributed by atoms with Crippen LogP contribution in [0.2, 0.25) is 0 Å². The maximum atomic E-state index is 12.6. The van der Waals surface area contributed by atoms with Crippen LogP contribution in [-0.2, 0) is 23.9 Å². The van der Waals surface area contributed by atoms with Gasteiger partial charge in [-0.1, -0.05) is 29.8 Å². The number of hydrogen-bond donors (Lipinski definition) is 1. The van der Waals surface area contributed by atoms with Crippen molar-refractivity contribution in [3.8, 4) is 0 Å². The predicted octanol–water partition coefficient (Wildman–Crippen LogP) is 2.82. The molecule has 1 aliphatic heterocycles. The highest BCUT2D eigenvalue weighted by Crippen LogP contribution is 2.36. The summed E-state index contributed by atoms with van der Waals surface area (Å²) in [7, 11) is 0. The molecule has 7 heteroatoms. The van der Waals surface area contributed by atoms with Crippen LogP contribution in [0.3, 0.4) is 0 Å². The van der Waals surface area contributed by atoms with Crippen LogP contribution in [0.15, 0.2) is 24.3 Å². The van der Waals surface area contributed by atoms with Crippen LogP contribution < -0.4 is 5.32 Å². The van der Waals surface area contributed by atoms with E-state index in [0.29, 0.717) is 18.5 Å². The molecule has 1 saturated heterocycles. The number of rotatable bonds is 5. The van der Waals surface area contributed by atoms with E-state index >= 15 is 0 Å². The van der Waals surface area contributed by atoms with Crippen LogP contribution in [-0.4, -0.2) is 40.7 Å². The van der Waals surface area contributed by atoms with Gasteiger partial charge < -0.3 is 10.1 Å². The van der Waals surface area contributed by atoms with Crippen LogP contribution in [0, 0.1) is 32.6 Å². The third kappa shape index (κ3) is 4.01. The van der Waals surface area contributed by atoms with Gasteiger partial charge in [-0.2, -0.15) is 0 Å². The van der Waals surface area contributed by atoms with Crippen molar-refractivity contribution >= 4 is 29.4 Å². The number of carbonyl (C=O) groups is 4. The number of anilines is 1. The maximum absolute atomic E-state index is 12.6. The predicted molar refractivity (Wildman–Crippen MR) is 112 cm³/mol. The molecule has 3 rings (SSSR count). The lowest BCUT2D eigenvalue weighted by Crippen LogP contribution is -2.46. The fourth-order valence-corrected chi connectivity index (χ4v) is 4.24. The molecule has 0 aromatic heterocycles. The Bertz CT molecular complexity index is 887. The molecule has 1 aromatic rings. The minimum atomic E-state index is -1.08. The Balaban J connectivity index is 1.64. The molecule has 1 aromatic carbocycles. The minimum absolute atomic E-state index is 0.346. The van der Waals surface area contributed by atoms with Gasteiger partial charge in [0.2, 0.25) is 11.8 Å². The van der Waals surface area contributed by atoms with Crippen LogP contribution in [0.5, 0.6) is 0 Å². The Hall–Kier alpha value is -2.96. The first-order chi connectivity index (χ1) is 14.1. The average molecular weight is 412 g/mol. The summed E-state index contributed by atoms with van der Waals surface area (Å²) in [6.07, 6.45) is 3.71. The van der Waals surface area contributed by atoms with Crippen molar-refractivity contribution < 1.29 is 23.9 Å². The summed E-state index contributed by atoms with van der Waals surface area (Å²) in [6, 6.07) is 2.84. The number of likely N-dealkylation sites (tertiary alicyclic amines) is 1. The van der Waals surface area contributed by atoms with Gasteiger partial charge in [0.25, 0.3) is 5.91 Å². The van der Waals surface area contributed by atoms with Gasteiger partial charge in [0.05, 0.1) is 11.8 Å². The molecule has 1 N–H and O–H groups in total. The number of ether oxygens (including phenoxy) is 1. The zero-order valence-corrected chi connectivity index (χ0v) is 18.0. The summed E-state index contributed by atoms with van der Waals surface area (Å²) in [5.41, 5.74) is 3.60. The number of nitrogens with one attached hydrogen (secondary N) is 1. The Morgan fingerprint density at radius 2 is 1.50 bits per heavy atom. The highest BCUT2D eigenvalue weighted by molar-refractivity contribution is 6.08. The summed E-state index contributed by atoms with van der Waals surface area (Å²) in [4.78, 5) is 51.5. The van der Waals surface area contributed by atoms with Crippen molar-refractivity contribution in [1.82, 2.24) is 4.90 Å². The SMILES string of the molecule is Cc1cc(C)c(NC(=O)[C@H](C)OC(=O)[C@H](C)N2C(=O)[C@H]3CC=CC[C@@H]3C2=O)c(C)c1. The van der Waals surface area contributed by atoms with Crippen molar-refractivity contribution in [3.05, 3.63) is 41.0 Å². The molecular weight excluding hydrogens is 384 g/mol. The van der Waals surface area contributed by atoms with E-state index in [4.69, 9.17) is 4.74 Å². The van der Waals surface area contributed by atoms with E-state index in [9.17, 15) is 19.2 Å². The number of amides is 3. The van der Waals surface area contributed by atoms with Gasteiger partial charge >= 0.3 is 5.97 Å². The van der Waals surface area contributed by atoms with Crippen LogP contribution in [0.25, 0.3) is 0 Å². The van der Waals surface area contributed by atoms with E-state index in [2.05, 4.69) is 5.32 Å². The molecule has 7 nitrogen and oxygen atoms in total. The molecule has 30 heavy (non-hydrogen) atoms. The number of nitrogens with zero attached hydrogens (tertiary/aromatic N) is 1. The average Bonchev–Trinajstić information content (AvgIpc) is 2.94. The van der Waals surface area contributed by atoms with Crippen LogP contribution in [0.1, 0.15) is 43.4 Å². The van der Waals surface area contributed by atoms with Crippen molar-refractivity contribution in [2.45, 2.75) is 59.6 Å². The zero-order chi connectivity index (χ0) is 22.2. The Kier molecular flexibility index (Phi) is 6.10. The lowest BCUT2D eigenvalue weighted by Gasteiger charge is -2.23. The number of carbonyl (C=O) groups excluding carboxylic acids is 4. The first-order valence-electron chi connectivity index (χ1n) is 10.2. The lowest BCUT2D eigenvalue weighted by atomic mass is 9.85. The topological polar surface area (TPSA) is 92.8 Å². The molecule has 3 amide bonds. The van der Waals surface area contributed by atoms with E-state index in [1.807, 2.05) is 45.1 Å². The van der Waals surface area contributed by atoms with E-state index in [1.54, 1.807) is 0 Å². The molecule has 0 radical (unpaired) electrons. The van der Waals surface area contributed by atoms with Crippen molar-refractivity contribution in [3.63, 3.8) is 0 Å². The number of hydrogen-bond acceptors (Lipinski definition) is 5. The number of fused-ring (bicyclic) bond motifs is 1. The number of benzene rings is 1. The number of allylic oxidation sites excluding steroid dienone is 2. The summed E-state index contributed by atoms with van der Waals surface area (Å²) >= 11 is 0. The van der Waals surface area contributed by atoms with Gasteiger partial charge in [0.1, 0.15) is 6.04 Å². The highest BCUT2D eigenvalue weighted by Gasteiger charge is 2.50. The molecule has 4 atom stereocenters. The summed E-state index contributed by atoms with van der Waals surface area (Å²) < 4.78 is 5.30. The summed E-state index contributed by atoms with van der Waals surface area (Å²) in [5.74, 6) is -2.76. The lowest BCUT2D eigenvalue weighted by molar-refractivity contribution is -0.163. The van der Waals surface area contributed by atoms with Gasteiger partial charge in [0.15, 0.2) is 6.10 Å². The molecule has 1 aliphatic carbocycles. The third-order valence-corrected chi connectivity index (χ3v) is 5.86. The molecule has 2 aliphatic rings. The monoisotopic (exact) mass is 412 g/mol. The van der Waals surface area contributed by atoms with Crippen molar-refractivity contribution in [2.75, 3.05) is 5.32 Å². The highest BCUT2D eigenvalue weighted by atomic mass is 16.5. The Morgan fingerprint density at radius 3 is 2.00 bits per heavy atom. The van der Waals surface area contributed by atoms with E-state index in [-0.39, 0.29) is 11.8 Å². The normalized spacial score (nSPS) is 22.5. The number of esters is 1. The summed E-state index contributed by atoms with van der Waals surface area (Å²) in [5, 5.41) is 2.81. The van der Waals surface area contributed by atoms with Gasteiger partial charge in [-0.05, 0) is 58.6 Å². The minimum Gasteiger partial charge on any atom is -0.451 e. The fraction of sp³-hybridized carbons (Fsp3) is 0.478. The molecule has 1 fully saturated rings. The largest absolute Gasteiger partial charge is 0.451 e. The second-order valence-electron chi connectivity index (χ2n) is 8.22. The second kappa shape index (κ2) is 8.42. The number of imide groups is 1. The van der Waals surface area contributed by atoms with E-state index in [0.717, 1.165) is 21.6 Å². The van der Waals surface area contributed by atoms with E-state index < -0.39 is 35.9 Å². The zero-order valence-electron chi connectivity index (χ0n) is 18.0.